The van der Waals surface area contributed by atoms with Crippen LogP contribution in [-0.4, -0.2) is 42.9 Å². The Morgan fingerprint density at radius 3 is 2.62 bits per heavy atom. The minimum absolute atomic E-state index is 0.000191. The molecule has 1 amide bonds. The molecule has 1 fully saturated rings. The number of fused-ring (bicyclic) bond motifs is 1. The number of hydrogen-bond acceptors (Lipinski definition) is 4. The summed E-state index contributed by atoms with van der Waals surface area (Å²) in [5.41, 5.74) is 2.68. The molecule has 39 heavy (non-hydrogen) atoms. The summed E-state index contributed by atoms with van der Waals surface area (Å²) in [6, 6.07) is 9.50. The van der Waals surface area contributed by atoms with Crippen LogP contribution in [0.25, 0.3) is 12.3 Å². The summed E-state index contributed by atoms with van der Waals surface area (Å²) in [7, 11) is 0. The van der Waals surface area contributed by atoms with Crippen molar-refractivity contribution in [2.45, 2.75) is 39.0 Å². The quantitative estimate of drug-likeness (QED) is 0.258. The van der Waals surface area contributed by atoms with Gasteiger partial charge in [0.25, 0.3) is 11.8 Å². The van der Waals surface area contributed by atoms with Gasteiger partial charge in [0.1, 0.15) is 0 Å². The van der Waals surface area contributed by atoms with Crippen LogP contribution in [-0.2, 0) is 10.7 Å². The number of ether oxygens (including phenoxy) is 1. The number of carbonyl (C=O) groups excluding carboxylic acids is 2. The van der Waals surface area contributed by atoms with E-state index in [4.69, 9.17) is 4.74 Å². The Hall–Kier alpha value is -3.58. The van der Waals surface area contributed by atoms with Gasteiger partial charge in [0.15, 0.2) is 5.78 Å². The van der Waals surface area contributed by atoms with Gasteiger partial charge in [0.2, 0.25) is 0 Å². The second-order valence-corrected chi connectivity index (χ2v) is 10.3. The zero-order valence-electron chi connectivity index (χ0n) is 22.6. The Morgan fingerprint density at radius 2 is 1.92 bits per heavy atom. The SMILES string of the molecule is C=CC(F)(F)c1ccc(C(=O)C2CCC(CN3C=c4cc(C(=O)NCCOCC)c(C)cc4=CC3=C)C2)cc1. The molecule has 1 aliphatic heterocycles. The Labute approximate surface area is 228 Å². The molecule has 5 nitrogen and oxygen atoms in total. The van der Waals surface area contributed by atoms with Crippen LogP contribution < -0.4 is 15.8 Å². The number of ketones is 1. The molecule has 0 bridgehead atoms. The van der Waals surface area contributed by atoms with Crippen molar-refractivity contribution < 1.29 is 23.1 Å². The van der Waals surface area contributed by atoms with E-state index < -0.39 is 5.92 Å². The number of hydrogen-bond donors (Lipinski definition) is 1. The molecule has 2 aromatic carbocycles. The van der Waals surface area contributed by atoms with Gasteiger partial charge in [0, 0.05) is 54.2 Å². The Bertz CT molecular complexity index is 1380. The number of rotatable bonds is 11. The molecule has 7 heteroatoms. The maximum atomic E-state index is 13.8. The van der Waals surface area contributed by atoms with Crippen molar-refractivity contribution in [2.75, 3.05) is 26.3 Å². The predicted molar refractivity (Wildman–Crippen MR) is 150 cm³/mol. The lowest BCUT2D eigenvalue weighted by Gasteiger charge is -2.27. The van der Waals surface area contributed by atoms with Crippen LogP contribution in [0.4, 0.5) is 8.78 Å². The lowest BCUT2D eigenvalue weighted by atomic mass is 9.93. The molecular weight excluding hydrogens is 498 g/mol. The van der Waals surface area contributed by atoms with Crippen LogP contribution in [0.5, 0.6) is 0 Å². The van der Waals surface area contributed by atoms with E-state index in [9.17, 15) is 18.4 Å². The van der Waals surface area contributed by atoms with Crippen molar-refractivity contribution >= 4 is 24.0 Å². The molecule has 4 rings (SSSR count). The topological polar surface area (TPSA) is 58.6 Å². The Morgan fingerprint density at radius 1 is 1.18 bits per heavy atom. The fourth-order valence-corrected chi connectivity index (χ4v) is 5.36. The molecule has 1 heterocycles. The van der Waals surface area contributed by atoms with Gasteiger partial charge in [-0.25, -0.2) is 0 Å². The van der Waals surface area contributed by atoms with Gasteiger partial charge in [0.05, 0.1) is 6.61 Å². The second kappa shape index (κ2) is 12.1. The molecule has 206 valence electrons. The molecule has 1 aliphatic carbocycles. The molecule has 2 aromatic rings. The van der Waals surface area contributed by atoms with Crippen molar-refractivity contribution in [1.29, 1.82) is 0 Å². The van der Waals surface area contributed by atoms with E-state index in [0.717, 1.165) is 41.0 Å². The van der Waals surface area contributed by atoms with Crippen molar-refractivity contribution in [3.63, 3.8) is 0 Å². The molecular formula is C32H36F2N2O3. The fraction of sp³-hybridized carbons (Fsp3) is 0.375. The number of Topliss-reactive ketones (excluding diaryl/α,β-unsaturated/α-hetero) is 1. The average Bonchev–Trinajstić information content (AvgIpc) is 3.39. The van der Waals surface area contributed by atoms with Crippen LogP contribution in [0, 0.1) is 18.8 Å². The van der Waals surface area contributed by atoms with E-state index in [1.54, 1.807) is 0 Å². The number of amides is 1. The summed E-state index contributed by atoms with van der Waals surface area (Å²) in [6.07, 6.45) is 7.05. The molecule has 0 radical (unpaired) electrons. The molecule has 0 spiro atoms. The minimum atomic E-state index is -3.12. The van der Waals surface area contributed by atoms with Gasteiger partial charge >= 0.3 is 0 Å². The van der Waals surface area contributed by atoms with E-state index in [0.29, 0.717) is 43.5 Å². The maximum absolute atomic E-state index is 13.8. The highest BCUT2D eigenvalue weighted by molar-refractivity contribution is 5.98. The third-order valence-corrected chi connectivity index (χ3v) is 7.57. The van der Waals surface area contributed by atoms with Gasteiger partial charge in [-0.2, -0.15) is 8.78 Å². The molecule has 2 atom stereocenters. The first kappa shape index (κ1) is 28.4. The number of allylic oxidation sites excluding steroid dienone is 2. The zero-order valence-corrected chi connectivity index (χ0v) is 22.6. The molecule has 1 N–H and O–H groups in total. The summed E-state index contributed by atoms with van der Waals surface area (Å²) >= 11 is 0. The Balaban J connectivity index is 1.42. The van der Waals surface area contributed by atoms with Crippen molar-refractivity contribution in [2.24, 2.45) is 11.8 Å². The van der Waals surface area contributed by atoms with Gasteiger partial charge in [-0.05, 0) is 73.2 Å². The summed E-state index contributed by atoms with van der Waals surface area (Å²) in [5.74, 6) is -3.09. The lowest BCUT2D eigenvalue weighted by Crippen LogP contribution is -2.38. The molecule has 0 aromatic heterocycles. The van der Waals surface area contributed by atoms with Crippen LogP contribution in [0.2, 0.25) is 0 Å². The van der Waals surface area contributed by atoms with Crippen molar-refractivity contribution in [3.8, 4) is 0 Å². The van der Waals surface area contributed by atoms with E-state index in [1.807, 2.05) is 38.3 Å². The number of nitrogens with zero attached hydrogens (tertiary/aromatic N) is 1. The number of alkyl halides is 2. The number of carbonyl (C=O) groups is 2. The highest BCUT2D eigenvalue weighted by atomic mass is 19.3. The standard InChI is InChI=1S/C32H36F2N2O3/c1-5-32(33,34)28-11-9-24(10-12-28)30(37)25-8-7-23(17-25)19-36-20-27-18-29(31(38)35-13-14-39-6-2)21(3)15-26(27)16-22(36)4/h5,9-12,15-16,18,20,23,25H,1,4,6-8,13-14,17,19H2,2-3H3,(H,35,38). The minimum Gasteiger partial charge on any atom is -0.380 e. The van der Waals surface area contributed by atoms with Crippen LogP contribution in [0.1, 0.15) is 58.0 Å². The smallest absolute Gasteiger partial charge is 0.291 e. The monoisotopic (exact) mass is 534 g/mol. The summed E-state index contributed by atoms with van der Waals surface area (Å²) < 4.78 is 33.0. The van der Waals surface area contributed by atoms with Gasteiger partial charge < -0.3 is 15.0 Å². The van der Waals surface area contributed by atoms with Crippen molar-refractivity contribution in [1.82, 2.24) is 10.2 Å². The van der Waals surface area contributed by atoms with Gasteiger partial charge in [-0.15, -0.1) is 0 Å². The maximum Gasteiger partial charge on any atom is 0.291 e. The van der Waals surface area contributed by atoms with E-state index >= 15 is 0 Å². The van der Waals surface area contributed by atoms with Crippen molar-refractivity contribution in [3.05, 3.63) is 94.0 Å². The van der Waals surface area contributed by atoms with E-state index in [2.05, 4.69) is 23.4 Å². The fourth-order valence-electron chi connectivity index (χ4n) is 5.36. The predicted octanol–water partition coefficient (Wildman–Crippen LogP) is 4.69. The number of aryl methyl sites for hydroxylation is 1. The molecule has 2 unspecified atom stereocenters. The number of halogens is 2. The lowest BCUT2D eigenvalue weighted by molar-refractivity contribution is 0.0524. The Kier molecular flexibility index (Phi) is 8.80. The molecule has 1 saturated carbocycles. The third kappa shape index (κ3) is 6.53. The van der Waals surface area contributed by atoms with Crippen LogP contribution in [0.15, 0.2) is 61.3 Å². The normalized spacial score (nSPS) is 18.7. The van der Waals surface area contributed by atoms with Crippen LogP contribution >= 0.6 is 0 Å². The van der Waals surface area contributed by atoms with Crippen LogP contribution in [0.3, 0.4) is 0 Å². The number of benzene rings is 2. The molecule has 2 aliphatic rings. The second-order valence-electron chi connectivity index (χ2n) is 10.3. The van der Waals surface area contributed by atoms with Gasteiger partial charge in [-0.1, -0.05) is 43.5 Å². The first-order chi connectivity index (χ1) is 18.6. The first-order valence-electron chi connectivity index (χ1n) is 13.4. The average molecular weight is 535 g/mol. The zero-order chi connectivity index (χ0) is 28.2. The first-order valence-corrected chi connectivity index (χ1v) is 13.4. The molecule has 0 saturated heterocycles. The van der Waals surface area contributed by atoms with E-state index in [1.165, 1.54) is 24.3 Å². The summed E-state index contributed by atoms with van der Waals surface area (Å²) in [6.45, 7) is 13.5. The van der Waals surface area contributed by atoms with Gasteiger partial charge in [-0.3, -0.25) is 9.59 Å². The summed E-state index contributed by atoms with van der Waals surface area (Å²) in [4.78, 5) is 27.9. The summed E-state index contributed by atoms with van der Waals surface area (Å²) in [5, 5.41) is 4.88. The highest BCUT2D eigenvalue weighted by Crippen LogP contribution is 2.35. The highest BCUT2D eigenvalue weighted by Gasteiger charge is 2.32. The largest absolute Gasteiger partial charge is 0.380 e. The number of nitrogens with one attached hydrogen (secondary N) is 1. The third-order valence-electron chi connectivity index (χ3n) is 7.57. The van der Waals surface area contributed by atoms with E-state index in [-0.39, 0.29) is 29.1 Å².